The minimum absolute atomic E-state index is 0.418. The van der Waals surface area contributed by atoms with E-state index in [1.807, 2.05) is 31.3 Å². The molecule has 0 radical (unpaired) electrons. The number of benzene rings is 2. The molecule has 0 fully saturated rings. The summed E-state index contributed by atoms with van der Waals surface area (Å²) < 4.78 is 37.9. The normalized spacial score (nSPS) is 11.4. The fraction of sp³-hybridized carbons (Fsp3) is 0.200. The number of nitrogens with one attached hydrogen (secondary N) is 2. The van der Waals surface area contributed by atoms with Crippen LogP contribution in [0.5, 0.6) is 0 Å². The maximum atomic E-state index is 12.6. The second-order valence-electron chi connectivity index (χ2n) is 4.43. The molecule has 0 aliphatic heterocycles. The van der Waals surface area contributed by atoms with Crippen molar-refractivity contribution in [3.05, 3.63) is 59.7 Å². The lowest BCUT2D eigenvalue weighted by Crippen LogP contribution is -2.06. The van der Waals surface area contributed by atoms with Crippen molar-refractivity contribution in [1.29, 1.82) is 0 Å². The number of alkyl halides is 3. The average molecular weight is 280 g/mol. The van der Waals surface area contributed by atoms with Gasteiger partial charge in [-0.2, -0.15) is 13.2 Å². The zero-order chi connectivity index (χ0) is 14.6. The first-order valence-corrected chi connectivity index (χ1v) is 6.17. The Morgan fingerprint density at radius 2 is 1.60 bits per heavy atom. The standard InChI is InChI=1S/C15H15F3N2/c1-19-10-11-4-2-6-13(8-11)20-14-7-3-5-12(9-14)15(16,17)18/h2-9,19-20H,10H2,1H3. The van der Waals surface area contributed by atoms with Gasteiger partial charge in [-0.3, -0.25) is 0 Å². The summed E-state index contributed by atoms with van der Waals surface area (Å²) in [4.78, 5) is 0. The van der Waals surface area contributed by atoms with Gasteiger partial charge in [0, 0.05) is 17.9 Å². The molecule has 0 aromatic heterocycles. The lowest BCUT2D eigenvalue weighted by Gasteiger charge is -2.11. The van der Waals surface area contributed by atoms with Crippen LogP contribution in [0.3, 0.4) is 0 Å². The fourth-order valence-corrected chi connectivity index (χ4v) is 1.90. The van der Waals surface area contributed by atoms with E-state index >= 15 is 0 Å². The third-order valence-corrected chi connectivity index (χ3v) is 2.79. The van der Waals surface area contributed by atoms with Crippen LogP contribution in [0.25, 0.3) is 0 Å². The monoisotopic (exact) mass is 280 g/mol. The molecule has 0 unspecified atom stereocenters. The van der Waals surface area contributed by atoms with Gasteiger partial charge in [0.05, 0.1) is 5.56 Å². The quantitative estimate of drug-likeness (QED) is 0.878. The highest BCUT2D eigenvalue weighted by Gasteiger charge is 2.30. The van der Waals surface area contributed by atoms with E-state index < -0.39 is 11.7 Å². The van der Waals surface area contributed by atoms with Crippen LogP contribution in [-0.2, 0) is 12.7 Å². The Bertz CT molecular complexity index is 579. The summed E-state index contributed by atoms with van der Waals surface area (Å²) in [5, 5.41) is 6.01. The summed E-state index contributed by atoms with van der Waals surface area (Å²) in [5.74, 6) is 0. The Kier molecular flexibility index (Phi) is 4.29. The highest BCUT2D eigenvalue weighted by atomic mass is 19.4. The molecule has 0 amide bonds. The highest BCUT2D eigenvalue weighted by molar-refractivity contribution is 5.61. The Hall–Kier alpha value is -2.01. The minimum atomic E-state index is -4.33. The van der Waals surface area contributed by atoms with Crippen LogP contribution in [0.15, 0.2) is 48.5 Å². The molecular formula is C15H15F3N2. The van der Waals surface area contributed by atoms with E-state index in [1.165, 1.54) is 6.07 Å². The van der Waals surface area contributed by atoms with Gasteiger partial charge in [0.1, 0.15) is 0 Å². The third kappa shape index (κ3) is 3.74. The van der Waals surface area contributed by atoms with Gasteiger partial charge in [-0.05, 0) is 42.9 Å². The van der Waals surface area contributed by atoms with Crippen LogP contribution in [0.4, 0.5) is 24.5 Å². The van der Waals surface area contributed by atoms with E-state index in [9.17, 15) is 13.2 Å². The number of anilines is 2. The predicted octanol–water partition coefficient (Wildman–Crippen LogP) is 4.17. The molecule has 2 N–H and O–H groups in total. The van der Waals surface area contributed by atoms with Gasteiger partial charge in [0.2, 0.25) is 0 Å². The molecule has 2 aromatic rings. The van der Waals surface area contributed by atoms with Crippen molar-refractivity contribution in [1.82, 2.24) is 5.32 Å². The first kappa shape index (κ1) is 14.4. The van der Waals surface area contributed by atoms with Crippen molar-refractivity contribution < 1.29 is 13.2 Å². The van der Waals surface area contributed by atoms with Crippen molar-refractivity contribution in [3.63, 3.8) is 0 Å². The SMILES string of the molecule is CNCc1cccc(Nc2cccc(C(F)(F)F)c2)c1. The summed E-state index contributed by atoms with van der Waals surface area (Å²) in [6.45, 7) is 0.706. The maximum Gasteiger partial charge on any atom is 0.416 e. The van der Waals surface area contributed by atoms with Gasteiger partial charge in [0.15, 0.2) is 0 Å². The molecule has 0 saturated carbocycles. The Labute approximate surface area is 115 Å². The second kappa shape index (κ2) is 5.96. The first-order chi connectivity index (χ1) is 9.49. The molecule has 5 heteroatoms. The van der Waals surface area contributed by atoms with Crippen LogP contribution < -0.4 is 10.6 Å². The van der Waals surface area contributed by atoms with Crippen molar-refractivity contribution in [2.45, 2.75) is 12.7 Å². The molecule has 2 aromatic carbocycles. The van der Waals surface area contributed by atoms with Gasteiger partial charge in [-0.15, -0.1) is 0 Å². The first-order valence-electron chi connectivity index (χ1n) is 6.17. The number of hydrogen-bond donors (Lipinski definition) is 2. The lowest BCUT2D eigenvalue weighted by atomic mass is 10.1. The van der Waals surface area contributed by atoms with Crippen LogP contribution in [0, 0.1) is 0 Å². The molecule has 0 saturated heterocycles. The molecule has 0 aliphatic carbocycles. The molecule has 0 atom stereocenters. The van der Waals surface area contributed by atoms with Crippen LogP contribution in [0.2, 0.25) is 0 Å². The molecule has 0 spiro atoms. The van der Waals surface area contributed by atoms with Gasteiger partial charge in [-0.25, -0.2) is 0 Å². The summed E-state index contributed by atoms with van der Waals surface area (Å²) in [5.41, 5.74) is 1.58. The maximum absolute atomic E-state index is 12.6. The van der Waals surface area contributed by atoms with Gasteiger partial charge in [-0.1, -0.05) is 18.2 Å². The molecule has 2 rings (SSSR count). The topological polar surface area (TPSA) is 24.1 Å². The van der Waals surface area contributed by atoms with E-state index in [2.05, 4.69) is 10.6 Å². The van der Waals surface area contributed by atoms with Crippen molar-refractivity contribution in [2.75, 3.05) is 12.4 Å². The van der Waals surface area contributed by atoms with Gasteiger partial charge >= 0.3 is 6.18 Å². The Morgan fingerprint density at radius 3 is 2.25 bits per heavy atom. The summed E-state index contributed by atoms with van der Waals surface area (Å²) >= 11 is 0. The summed E-state index contributed by atoms with van der Waals surface area (Å²) in [6.07, 6.45) is -4.33. The fourth-order valence-electron chi connectivity index (χ4n) is 1.90. The molecule has 0 heterocycles. The van der Waals surface area contributed by atoms with Crippen LogP contribution >= 0.6 is 0 Å². The van der Waals surface area contributed by atoms with Crippen molar-refractivity contribution >= 4 is 11.4 Å². The lowest BCUT2D eigenvalue weighted by molar-refractivity contribution is -0.137. The largest absolute Gasteiger partial charge is 0.416 e. The van der Waals surface area contributed by atoms with E-state index in [4.69, 9.17) is 0 Å². The van der Waals surface area contributed by atoms with Crippen LogP contribution in [-0.4, -0.2) is 7.05 Å². The van der Waals surface area contributed by atoms with E-state index in [-0.39, 0.29) is 0 Å². The third-order valence-electron chi connectivity index (χ3n) is 2.79. The number of rotatable bonds is 4. The zero-order valence-corrected chi connectivity index (χ0v) is 11.0. The average Bonchev–Trinajstić information content (AvgIpc) is 2.39. The van der Waals surface area contributed by atoms with Crippen LogP contribution in [0.1, 0.15) is 11.1 Å². The summed E-state index contributed by atoms with van der Waals surface area (Å²) in [6, 6.07) is 12.7. The number of halogens is 3. The minimum Gasteiger partial charge on any atom is -0.356 e. The summed E-state index contributed by atoms with van der Waals surface area (Å²) in [7, 11) is 1.84. The molecular weight excluding hydrogens is 265 g/mol. The van der Waals surface area contributed by atoms with E-state index in [0.29, 0.717) is 12.2 Å². The highest BCUT2D eigenvalue weighted by Crippen LogP contribution is 2.31. The number of hydrogen-bond acceptors (Lipinski definition) is 2. The molecule has 0 aliphatic rings. The van der Waals surface area contributed by atoms with Crippen molar-refractivity contribution in [3.8, 4) is 0 Å². The second-order valence-corrected chi connectivity index (χ2v) is 4.43. The predicted molar refractivity (Wildman–Crippen MR) is 73.9 cm³/mol. The van der Waals surface area contributed by atoms with E-state index in [0.717, 1.165) is 23.4 Å². The van der Waals surface area contributed by atoms with E-state index in [1.54, 1.807) is 6.07 Å². The molecule has 20 heavy (non-hydrogen) atoms. The molecule has 0 bridgehead atoms. The van der Waals surface area contributed by atoms with Crippen molar-refractivity contribution in [2.24, 2.45) is 0 Å². The molecule has 2 nitrogen and oxygen atoms in total. The Morgan fingerprint density at radius 1 is 0.950 bits per heavy atom. The smallest absolute Gasteiger partial charge is 0.356 e. The Balaban J connectivity index is 2.19. The zero-order valence-electron chi connectivity index (χ0n) is 11.0. The van der Waals surface area contributed by atoms with Gasteiger partial charge in [0.25, 0.3) is 0 Å². The van der Waals surface area contributed by atoms with Gasteiger partial charge < -0.3 is 10.6 Å². The molecule has 106 valence electrons.